The van der Waals surface area contributed by atoms with Gasteiger partial charge in [0, 0.05) is 11.1 Å². The van der Waals surface area contributed by atoms with Gasteiger partial charge in [-0.25, -0.2) is 0 Å². The molecule has 0 saturated heterocycles. The van der Waals surface area contributed by atoms with Crippen molar-refractivity contribution in [3.05, 3.63) is 34.3 Å². The molecule has 1 unspecified atom stereocenters. The molecule has 3 heteroatoms. The van der Waals surface area contributed by atoms with Crippen LogP contribution in [0.1, 0.15) is 56.1 Å². The molecule has 0 heterocycles. The molecule has 0 aliphatic heterocycles. The van der Waals surface area contributed by atoms with E-state index in [1.807, 2.05) is 6.07 Å². The Morgan fingerprint density at radius 3 is 2.45 bits per heavy atom. The largest absolute Gasteiger partial charge is 0.271 e. The zero-order valence-corrected chi connectivity index (χ0v) is 13.3. The molecule has 2 nitrogen and oxygen atoms in total. The Morgan fingerprint density at radius 2 is 1.85 bits per heavy atom. The molecule has 0 radical (unpaired) electrons. The van der Waals surface area contributed by atoms with Crippen LogP contribution in [0.4, 0.5) is 0 Å². The van der Waals surface area contributed by atoms with E-state index >= 15 is 0 Å². The number of hydrazine groups is 1. The lowest BCUT2D eigenvalue weighted by Crippen LogP contribution is -2.42. The van der Waals surface area contributed by atoms with E-state index in [4.69, 9.17) is 17.4 Å². The SMILES string of the molecule is Cc1ccc(CC(NN)C2CCCCCCC2)c(Cl)c1. The predicted octanol–water partition coefficient (Wildman–Crippen LogP) is 4.38. The highest BCUT2D eigenvalue weighted by Crippen LogP contribution is 2.28. The van der Waals surface area contributed by atoms with Gasteiger partial charge in [-0.15, -0.1) is 0 Å². The predicted molar refractivity (Wildman–Crippen MR) is 86.8 cm³/mol. The lowest BCUT2D eigenvalue weighted by atomic mass is 9.83. The van der Waals surface area contributed by atoms with Crippen LogP contribution in [0.5, 0.6) is 0 Å². The second-order valence-corrected chi connectivity index (χ2v) is 6.58. The van der Waals surface area contributed by atoms with Crippen molar-refractivity contribution < 1.29 is 0 Å². The van der Waals surface area contributed by atoms with Gasteiger partial charge in [-0.3, -0.25) is 11.3 Å². The summed E-state index contributed by atoms with van der Waals surface area (Å²) < 4.78 is 0. The van der Waals surface area contributed by atoms with Crippen LogP contribution in [0.15, 0.2) is 18.2 Å². The molecular weight excluding hydrogens is 268 g/mol. The molecule has 0 bridgehead atoms. The molecule has 1 aromatic carbocycles. The molecule has 0 aromatic heterocycles. The first kappa shape index (κ1) is 15.8. The van der Waals surface area contributed by atoms with Gasteiger partial charge in [0.1, 0.15) is 0 Å². The Kier molecular flexibility index (Phi) is 6.34. The number of hydrogen-bond donors (Lipinski definition) is 2. The highest BCUT2D eigenvalue weighted by Gasteiger charge is 2.22. The fraction of sp³-hybridized carbons (Fsp3) is 0.647. The molecule has 1 saturated carbocycles. The van der Waals surface area contributed by atoms with Crippen molar-refractivity contribution in [1.29, 1.82) is 0 Å². The quantitative estimate of drug-likeness (QED) is 0.639. The fourth-order valence-electron chi connectivity index (χ4n) is 3.31. The van der Waals surface area contributed by atoms with Gasteiger partial charge in [-0.05, 0) is 49.3 Å². The van der Waals surface area contributed by atoms with Crippen LogP contribution in [0.2, 0.25) is 5.02 Å². The van der Waals surface area contributed by atoms with Gasteiger partial charge < -0.3 is 0 Å². The van der Waals surface area contributed by atoms with Crippen LogP contribution in [-0.4, -0.2) is 6.04 Å². The van der Waals surface area contributed by atoms with Crippen LogP contribution in [0.3, 0.4) is 0 Å². The van der Waals surface area contributed by atoms with E-state index in [9.17, 15) is 0 Å². The summed E-state index contributed by atoms with van der Waals surface area (Å²) in [6, 6.07) is 6.66. The first-order chi connectivity index (χ1) is 9.70. The lowest BCUT2D eigenvalue weighted by molar-refractivity contribution is 0.285. The summed E-state index contributed by atoms with van der Waals surface area (Å²) in [5, 5.41) is 0.871. The molecule has 1 fully saturated rings. The maximum Gasteiger partial charge on any atom is 0.0441 e. The highest BCUT2D eigenvalue weighted by molar-refractivity contribution is 6.31. The summed E-state index contributed by atoms with van der Waals surface area (Å²) in [4.78, 5) is 0. The van der Waals surface area contributed by atoms with Crippen LogP contribution >= 0.6 is 11.6 Å². The summed E-state index contributed by atoms with van der Waals surface area (Å²) in [7, 11) is 0. The zero-order valence-electron chi connectivity index (χ0n) is 12.5. The molecule has 20 heavy (non-hydrogen) atoms. The van der Waals surface area contributed by atoms with Gasteiger partial charge in [-0.2, -0.15) is 0 Å². The molecule has 1 aliphatic carbocycles. The average molecular weight is 295 g/mol. The average Bonchev–Trinajstić information content (AvgIpc) is 2.39. The number of nitrogens with one attached hydrogen (secondary N) is 1. The van der Waals surface area contributed by atoms with Crippen LogP contribution in [0, 0.1) is 12.8 Å². The van der Waals surface area contributed by atoms with Gasteiger partial charge in [0.2, 0.25) is 0 Å². The first-order valence-corrected chi connectivity index (χ1v) is 8.29. The van der Waals surface area contributed by atoms with E-state index in [1.54, 1.807) is 0 Å². The second kappa shape index (κ2) is 8.02. The third-order valence-corrected chi connectivity index (χ3v) is 4.93. The lowest BCUT2D eigenvalue weighted by Gasteiger charge is -2.28. The standard InChI is InChI=1S/C17H27ClN2/c1-13-9-10-15(16(18)11-13)12-17(20-19)14-7-5-3-2-4-6-8-14/h9-11,14,17,20H,2-8,12,19H2,1H3. The van der Waals surface area contributed by atoms with Gasteiger partial charge in [-0.1, -0.05) is 55.8 Å². The summed E-state index contributed by atoms with van der Waals surface area (Å²) in [6.07, 6.45) is 10.3. The Balaban J connectivity index is 2.03. The first-order valence-electron chi connectivity index (χ1n) is 7.92. The number of aryl methyl sites for hydroxylation is 1. The van der Waals surface area contributed by atoms with Crippen molar-refractivity contribution in [1.82, 2.24) is 5.43 Å². The van der Waals surface area contributed by atoms with Crippen molar-refractivity contribution in [2.75, 3.05) is 0 Å². The molecular formula is C17H27ClN2. The molecule has 1 aliphatic rings. The van der Waals surface area contributed by atoms with Crippen molar-refractivity contribution in [2.45, 2.75) is 64.3 Å². The smallest absolute Gasteiger partial charge is 0.0441 e. The number of nitrogens with two attached hydrogens (primary N) is 1. The fourth-order valence-corrected chi connectivity index (χ4v) is 3.62. The number of benzene rings is 1. The Morgan fingerprint density at radius 1 is 1.20 bits per heavy atom. The Labute approximate surface area is 128 Å². The van der Waals surface area contributed by atoms with E-state index in [0.717, 1.165) is 11.4 Å². The molecule has 3 N–H and O–H groups in total. The monoisotopic (exact) mass is 294 g/mol. The minimum absolute atomic E-state index is 0.341. The van der Waals surface area contributed by atoms with E-state index in [-0.39, 0.29) is 0 Å². The number of rotatable bonds is 4. The normalized spacial score (nSPS) is 19.4. The molecule has 2 rings (SSSR count). The summed E-state index contributed by atoms with van der Waals surface area (Å²) >= 11 is 6.36. The van der Waals surface area contributed by atoms with E-state index < -0.39 is 0 Å². The summed E-state index contributed by atoms with van der Waals surface area (Å²) in [5.74, 6) is 6.51. The van der Waals surface area contributed by atoms with E-state index in [2.05, 4.69) is 24.5 Å². The molecule has 0 amide bonds. The molecule has 1 aromatic rings. The molecule has 0 spiro atoms. The maximum absolute atomic E-state index is 6.36. The topological polar surface area (TPSA) is 38.0 Å². The third-order valence-electron chi connectivity index (χ3n) is 4.58. The zero-order chi connectivity index (χ0) is 14.4. The van der Waals surface area contributed by atoms with Gasteiger partial charge >= 0.3 is 0 Å². The van der Waals surface area contributed by atoms with Crippen LogP contribution < -0.4 is 11.3 Å². The van der Waals surface area contributed by atoms with Crippen molar-refractivity contribution in [3.8, 4) is 0 Å². The van der Waals surface area contributed by atoms with Crippen LogP contribution in [0.25, 0.3) is 0 Å². The van der Waals surface area contributed by atoms with Crippen molar-refractivity contribution in [2.24, 2.45) is 11.8 Å². The Hall–Kier alpha value is -0.570. The minimum atomic E-state index is 0.341. The van der Waals surface area contributed by atoms with E-state index in [1.165, 1.54) is 56.1 Å². The van der Waals surface area contributed by atoms with Gasteiger partial charge in [0.05, 0.1) is 0 Å². The van der Waals surface area contributed by atoms with Crippen LogP contribution in [-0.2, 0) is 6.42 Å². The molecule has 1 atom stereocenters. The van der Waals surface area contributed by atoms with Gasteiger partial charge in [0.25, 0.3) is 0 Å². The Bertz CT molecular complexity index is 411. The van der Waals surface area contributed by atoms with Crippen molar-refractivity contribution >= 4 is 11.6 Å². The minimum Gasteiger partial charge on any atom is -0.271 e. The molecule has 112 valence electrons. The maximum atomic E-state index is 6.36. The van der Waals surface area contributed by atoms with E-state index in [0.29, 0.717) is 12.0 Å². The number of hydrogen-bond acceptors (Lipinski definition) is 2. The highest BCUT2D eigenvalue weighted by atomic mass is 35.5. The summed E-state index contributed by atoms with van der Waals surface area (Å²) in [6.45, 7) is 2.07. The van der Waals surface area contributed by atoms with Crippen molar-refractivity contribution in [3.63, 3.8) is 0 Å². The second-order valence-electron chi connectivity index (χ2n) is 6.18. The third kappa shape index (κ3) is 4.47. The van der Waals surface area contributed by atoms with Gasteiger partial charge in [0.15, 0.2) is 0 Å². The summed E-state index contributed by atoms with van der Waals surface area (Å²) in [5.41, 5.74) is 5.47. The number of halogens is 1.